The van der Waals surface area contributed by atoms with Crippen molar-refractivity contribution >= 4 is 39.1 Å². The summed E-state index contributed by atoms with van der Waals surface area (Å²) in [4.78, 5) is 30.5. The molecule has 0 aliphatic heterocycles. The van der Waals surface area contributed by atoms with Gasteiger partial charge in [0.2, 0.25) is 4.96 Å². The summed E-state index contributed by atoms with van der Waals surface area (Å²) in [5.74, 6) is 0.357. The van der Waals surface area contributed by atoms with Gasteiger partial charge in [0.05, 0.1) is 11.1 Å². The number of carbonyl (C=O) groups excluding carboxylic acids is 1. The Bertz CT molecular complexity index is 1810. The summed E-state index contributed by atoms with van der Waals surface area (Å²) in [7, 11) is 0. The van der Waals surface area contributed by atoms with Crippen molar-refractivity contribution in [3.8, 4) is 22.6 Å². The van der Waals surface area contributed by atoms with Crippen molar-refractivity contribution in [2.75, 3.05) is 5.32 Å². The van der Waals surface area contributed by atoms with E-state index in [2.05, 4.69) is 15.4 Å². The van der Waals surface area contributed by atoms with E-state index in [0.717, 1.165) is 16.8 Å². The molecule has 1 N–H and O–H groups in total. The molecule has 0 aliphatic carbocycles. The van der Waals surface area contributed by atoms with Crippen LogP contribution in [-0.2, 0) is 0 Å². The van der Waals surface area contributed by atoms with E-state index in [9.17, 15) is 9.59 Å². The first-order chi connectivity index (χ1) is 17.4. The number of thiazole rings is 1. The molecule has 7 nitrogen and oxygen atoms in total. The highest BCUT2D eigenvalue weighted by molar-refractivity contribution is 7.15. The molecule has 0 fully saturated rings. The number of carbonyl (C=O) groups is 1. The van der Waals surface area contributed by atoms with Crippen LogP contribution in [0.25, 0.3) is 38.5 Å². The van der Waals surface area contributed by atoms with Crippen molar-refractivity contribution < 1.29 is 9.21 Å². The van der Waals surface area contributed by atoms with Crippen LogP contribution in [0, 0.1) is 13.8 Å². The Morgan fingerprint density at radius 2 is 1.64 bits per heavy atom. The molecule has 0 spiro atoms. The lowest BCUT2D eigenvalue weighted by Gasteiger charge is -2.05. The van der Waals surface area contributed by atoms with Gasteiger partial charge in [0.25, 0.3) is 11.9 Å². The van der Waals surface area contributed by atoms with Gasteiger partial charge in [0.15, 0.2) is 5.43 Å². The standard InChI is InChI=1S/C28H20N4O3S/c1-16-3-6-18(7-4-16)22-15-36-28-30-27(31-32(22)28)29-26(34)20-10-8-19(9-11-20)25-14-23(33)21-13-17(2)5-12-24(21)35-25/h3-15H,1-2H3,(H,29,31,34). The van der Waals surface area contributed by atoms with Crippen LogP contribution < -0.4 is 10.7 Å². The first-order valence-electron chi connectivity index (χ1n) is 11.3. The molecule has 36 heavy (non-hydrogen) atoms. The van der Waals surface area contributed by atoms with Crippen molar-refractivity contribution in [3.05, 3.63) is 105 Å². The largest absolute Gasteiger partial charge is 0.456 e. The number of aromatic nitrogens is 3. The van der Waals surface area contributed by atoms with Crippen LogP contribution in [0.15, 0.2) is 87.4 Å². The van der Waals surface area contributed by atoms with Crippen molar-refractivity contribution in [1.82, 2.24) is 14.6 Å². The van der Waals surface area contributed by atoms with Crippen LogP contribution >= 0.6 is 11.3 Å². The molecule has 8 heteroatoms. The van der Waals surface area contributed by atoms with Crippen molar-refractivity contribution in [3.63, 3.8) is 0 Å². The van der Waals surface area contributed by atoms with Gasteiger partial charge in [-0.25, -0.2) is 4.52 Å². The lowest BCUT2D eigenvalue weighted by atomic mass is 10.1. The van der Waals surface area contributed by atoms with Gasteiger partial charge in [-0.1, -0.05) is 53.6 Å². The summed E-state index contributed by atoms with van der Waals surface area (Å²) >= 11 is 1.46. The molecule has 0 bridgehead atoms. The molecule has 6 rings (SSSR count). The molecular formula is C28H20N4O3S. The lowest BCUT2D eigenvalue weighted by molar-refractivity contribution is 0.102. The van der Waals surface area contributed by atoms with Crippen LogP contribution in [0.2, 0.25) is 0 Å². The summed E-state index contributed by atoms with van der Waals surface area (Å²) in [6.07, 6.45) is 0. The fraction of sp³-hybridized carbons (Fsp3) is 0.0714. The minimum absolute atomic E-state index is 0.104. The molecule has 176 valence electrons. The number of hydrogen-bond donors (Lipinski definition) is 1. The number of hydrogen-bond acceptors (Lipinski definition) is 6. The maximum Gasteiger partial charge on any atom is 0.258 e. The smallest absolute Gasteiger partial charge is 0.258 e. The van der Waals surface area contributed by atoms with E-state index in [1.54, 1.807) is 34.8 Å². The summed E-state index contributed by atoms with van der Waals surface area (Å²) < 4.78 is 7.67. The number of anilines is 1. The second-order valence-corrected chi connectivity index (χ2v) is 9.46. The third-order valence-corrected chi connectivity index (χ3v) is 6.78. The Balaban J connectivity index is 1.23. The van der Waals surface area contributed by atoms with Gasteiger partial charge in [-0.3, -0.25) is 14.9 Å². The van der Waals surface area contributed by atoms with E-state index in [1.807, 2.05) is 55.6 Å². The maximum absolute atomic E-state index is 12.8. The molecule has 3 heterocycles. The normalized spacial score (nSPS) is 11.3. The predicted molar refractivity (Wildman–Crippen MR) is 142 cm³/mol. The Morgan fingerprint density at radius 1 is 0.917 bits per heavy atom. The van der Waals surface area contributed by atoms with Gasteiger partial charge < -0.3 is 4.42 Å². The Labute approximate surface area is 209 Å². The molecule has 0 unspecified atom stereocenters. The van der Waals surface area contributed by atoms with Crippen LogP contribution in [0.5, 0.6) is 0 Å². The van der Waals surface area contributed by atoms with E-state index in [1.165, 1.54) is 23.0 Å². The number of rotatable bonds is 4. The molecule has 0 aliphatic rings. The van der Waals surface area contributed by atoms with E-state index in [4.69, 9.17) is 4.42 Å². The van der Waals surface area contributed by atoms with Crippen LogP contribution in [0.3, 0.4) is 0 Å². The predicted octanol–water partition coefficient (Wildman–Crippen LogP) is 6.10. The average Bonchev–Trinajstić information content (AvgIpc) is 3.45. The van der Waals surface area contributed by atoms with E-state index < -0.39 is 0 Å². The molecule has 0 saturated heterocycles. The Morgan fingerprint density at radius 3 is 2.42 bits per heavy atom. The highest BCUT2D eigenvalue weighted by Crippen LogP contribution is 2.27. The van der Waals surface area contributed by atoms with Crippen molar-refractivity contribution in [2.24, 2.45) is 0 Å². The Kier molecular flexibility index (Phi) is 5.23. The van der Waals surface area contributed by atoms with Gasteiger partial charge in [-0.05, 0) is 38.1 Å². The van der Waals surface area contributed by atoms with Crippen LogP contribution in [0.1, 0.15) is 21.5 Å². The molecule has 6 aromatic rings. The zero-order chi connectivity index (χ0) is 24.8. The highest BCUT2D eigenvalue weighted by atomic mass is 32.1. The average molecular weight is 493 g/mol. The Hall–Kier alpha value is -4.56. The van der Waals surface area contributed by atoms with E-state index in [0.29, 0.717) is 32.8 Å². The second kappa shape index (κ2) is 8.58. The fourth-order valence-electron chi connectivity index (χ4n) is 4.03. The lowest BCUT2D eigenvalue weighted by Crippen LogP contribution is -2.13. The van der Waals surface area contributed by atoms with Gasteiger partial charge in [0, 0.05) is 28.1 Å². The summed E-state index contributed by atoms with van der Waals surface area (Å²) in [6, 6.07) is 22.0. The first kappa shape index (κ1) is 21.9. The highest BCUT2D eigenvalue weighted by Gasteiger charge is 2.15. The fourth-order valence-corrected chi connectivity index (χ4v) is 4.86. The SMILES string of the molecule is Cc1ccc(-c2csc3nc(NC(=O)c4ccc(-c5cc(=O)c6cc(C)ccc6o5)cc4)nn23)cc1. The number of amides is 1. The first-order valence-corrected chi connectivity index (χ1v) is 12.2. The molecule has 0 radical (unpaired) electrons. The molecule has 0 saturated carbocycles. The van der Waals surface area contributed by atoms with E-state index in [-0.39, 0.29) is 17.3 Å². The van der Waals surface area contributed by atoms with Gasteiger partial charge >= 0.3 is 0 Å². The number of nitrogens with zero attached hydrogens (tertiary/aromatic N) is 3. The number of benzene rings is 3. The maximum atomic E-state index is 12.8. The van der Waals surface area contributed by atoms with Crippen molar-refractivity contribution in [1.29, 1.82) is 0 Å². The molecule has 3 aromatic carbocycles. The van der Waals surface area contributed by atoms with Crippen LogP contribution in [-0.4, -0.2) is 20.5 Å². The van der Waals surface area contributed by atoms with Gasteiger partial charge in [-0.2, -0.15) is 4.98 Å². The molecule has 0 atom stereocenters. The summed E-state index contributed by atoms with van der Waals surface area (Å²) in [5, 5.41) is 9.80. The third kappa shape index (κ3) is 3.97. The minimum atomic E-state index is -0.327. The zero-order valence-corrected chi connectivity index (χ0v) is 20.3. The van der Waals surface area contributed by atoms with E-state index >= 15 is 0 Å². The second-order valence-electron chi connectivity index (χ2n) is 8.62. The number of fused-ring (bicyclic) bond motifs is 2. The van der Waals surface area contributed by atoms with Gasteiger partial charge in [-0.15, -0.1) is 16.4 Å². The summed E-state index contributed by atoms with van der Waals surface area (Å²) in [6.45, 7) is 3.98. The third-order valence-electron chi connectivity index (χ3n) is 5.97. The van der Waals surface area contributed by atoms with Gasteiger partial charge in [0.1, 0.15) is 11.3 Å². The number of nitrogens with one attached hydrogen (secondary N) is 1. The zero-order valence-electron chi connectivity index (χ0n) is 19.5. The van der Waals surface area contributed by atoms with Crippen molar-refractivity contribution in [2.45, 2.75) is 13.8 Å². The molecule has 1 amide bonds. The van der Waals surface area contributed by atoms with Crippen LogP contribution in [0.4, 0.5) is 5.95 Å². The monoisotopic (exact) mass is 492 g/mol. The number of aryl methyl sites for hydroxylation is 2. The quantitative estimate of drug-likeness (QED) is 0.321. The summed E-state index contributed by atoms with van der Waals surface area (Å²) in [5.41, 5.74) is 5.69. The molecule has 3 aromatic heterocycles. The molecular weight excluding hydrogens is 472 g/mol. The minimum Gasteiger partial charge on any atom is -0.456 e. The topological polar surface area (TPSA) is 89.5 Å².